The molecule has 2 aromatic rings. The molecule has 0 bridgehead atoms. The van der Waals surface area contributed by atoms with Crippen LogP contribution in [-0.2, 0) is 20.7 Å². The summed E-state index contributed by atoms with van der Waals surface area (Å²) in [6.07, 6.45) is 4.05. The fourth-order valence-electron chi connectivity index (χ4n) is 3.54. The topological polar surface area (TPSA) is 80.8 Å². The molecule has 7 nitrogen and oxygen atoms in total. The lowest BCUT2D eigenvalue weighted by atomic mass is 10.1. The number of ether oxygens (including phenoxy) is 2. The van der Waals surface area contributed by atoms with Crippen molar-refractivity contribution < 1.29 is 19.1 Å². The van der Waals surface area contributed by atoms with Gasteiger partial charge in [0.15, 0.2) is 6.61 Å². The molecule has 0 radical (unpaired) electrons. The van der Waals surface area contributed by atoms with Crippen molar-refractivity contribution in [1.82, 2.24) is 10.3 Å². The fraction of sp³-hybridized carbons (Fsp3) is 0.476. The first-order valence-electron chi connectivity index (χ1n) is 10.0. The van der Waals surface area contributed by atoms with Crippen molar-refractivity contribution in [3.05, 3.63) is 28.6 Å². The molecule has 0 saturated carbocycles. The van der Waals surface area contributed by atoms with E-state index in [1.807, 2.05) is 23.6 Å². The van der Waals surface area contributed by atoms with Gasteiger partial charge in [-0.2, -0.15) is 0 Å². The van der Waals surface area contributed by atoms with Gasteiger partial charge in [-0.25, -0.2) is 4.98 Å². The molecule has 2 aliphatic heterocycles. The Bertz CT molecular complexity index is 892. The number of hydrogen-bond acceptors (Lipinski definition) is 6. The molecule has 1 N–H and O–H groups in total. The van der Waals surface area contributed by atoms with Crippen LogP contribution in [0.4, 0.5) is 5.69 Å². The average Bonchev–Trinajstić information content (AvgIpc) is 3.41. The van der Waals surface area contributed by atoms with Gasteiger partial charge in [0.2, 0.25) is 5.91 Å². The van der Waals surface area contributed by atoms with Gasteiger partial charge in [-0.15, -0.1) is 11.3 Å². The number of carbonyl (C=O) groups is 2. The Hall–Kier alpha value is -2.45. The lowest BCUT2D eigenvalue weighted by Crippen LogP contribution is -2.46. The summed E-state index contributed by atoms with van der Waals surface area (Å²) in [7, 11) is 0. The molecule has 1 saturated heterocycles. The second-order valence-corrected chi connectivity index (χ2v) is 8.21. The van der Waals surface area contributed by atoms with Crippen LogP contribution in [0.3, 0.4) is 0 Å². The average molecular weight is 416 g/mol. The molecule has 4 rings (SSSR count). The first kappa shape index (κ1) is 19.8. The molecule has 8 heteroatoms. The van der Waals surface area contributed by atoms with E-state index in [0.29, 0.717) is 18.0 Å². The lowest BCUT2D eigenvalue weighted by Gasteiger charge is -2.29. The third-order valence-electron chi connectivity index (χ3n) is 5.07. The first-order chi connectivity index (χ1) is 14.1. The van der Waals surface area contributed by atoms with Crippen molar-refractivity contribution in [3.63, 3.8) is 0 Å². The van der Waals surface area contributed by atoms with Crippen molar-refractivity contribution in [1.29, 1.82) is 0 Å². The van der Waals surface area contributed by atoms with Crippen LogP contribution >= 0.6 is 11.3 Å². The highest BCUT2D eigenvalue weighted by Crippen LogP contribution is 2.36. The Balaban J connectivity index is 1.50. The van der Waals surface area contributed by atoms with E-state index < -0.39 is 0 Å². The number of benzene rings is 1. The van der Waals surface area contributed by atoms with E-state index in [4.69, 9.17) is 9.47 Å². The molecule has 1 unspecified atom stereocenters. The number of anilines is 1. The number of hydrogen-bond donors (Lipinski definition) is 1. The van der Waals surface area contributed by atoms with E-state index >= 15 is 0 Å². The van der Waals surface area contributed by atoms with Crippen LogP contribution in [0, 0.1) is 0 Å². The Morgan fingerprint density at radius 3 is 3.10 bits per heavy atom. The van der Waals surface area contributed by atoms with Crippen molar-refractivity contribution >= 4 is 28.8 Å². The van der Waals surface area contributed by atoms with Crippen LogP contribution in [0.5, 0.6) is 5.75 Å². The second kappa shape index (κ2) is 8.92. The van der Waals surface area contributed by atoms with E-state index in [1.165, 1.54) is 4.90 Å². The molecule has 1 atom stereocenters. The van der Waals surface area contributed by atoms with E-state index in [9.17, 15) is 9.59 Å². The standard InChI is InChI=1S/C21H25N3O4S/c1-2-4-20-23-16(13-29-20)14-6-7-18-17(9-14)24(21(26)12-28-18)11-19(25)22-10-15-5-3-8-27-15/h6-7,9,13,15H,2-5,8,10-12H2,1H3,(H,22,25). The molecule has 2 amide bonds. The Kier molecular flexibility index (Phi) is 6.10. The summed E-state index contributed by atoms with van der Waals surface area (Å²) in [6.45, 7) is 3.25. The van der Waals surface area contributed by atoms with E-state index in [-0.39, 0.29) is 31.1 Å². The highest BCUT2D eigenvalue weighted by atomic mass is 32.1. The Morgan fingerprint density at radius 2 is 2.31 bits per heavy atom. The molecule has 154 valence electrons. The number of nitrogens with one attached hydrogen (secondary N) is 1. The van der Waals surface area contributed by atoms with Crippen LogP contribution < -0.4 is 15.0 Å². The summed E-state index contributed by atoms with van der Waals surface area (Å²) in [6, 6.07) is 5.66. The summed E-state index contributed by atoms with van der Waals surface area (Å²) < 4.78 is 11.1. The summed E-state index contributed by atoms with van der Waals surface area (Å²) >= 11 is 1.64. The predicted octanol–water partition coefficient (Wildman–Crippen LogP) is 2.78. The van der Waals surface area contributed by atoms with Crippen molar-refractivity contribution in [2.24, 2.45) is 0 Å². The van der Waals surface area contributed by atoms with Gasteiger partial charge >= 0.3 is 0 Å². The fourth-order valence-corrected chi connectivity index (χ4v) is 4.45. The van der Waals surface area contributed by atoms with Gasteiger partial charge in [-0.3, -0.25) is 14.5 Å². The SMILES string of the molecule is CCCc1nc(-c2ccc3c(c2)N(CC(=O)NCC2CCCO2)C(=O)CO3)cs1. The van der Waals surface area contributed by atoms with Crippen LogP contribution in [0.1, 0.15) is 31.2 Å². The first-order valence-corrected chi connectivity index (χ1v) is 10.9. The highest BCUT2D eigenvalue weighted by Gasteiger charge is 2.28. The number of aromatic nitrogens is 1. The number of fused-ring (bicyclic) bond motifs is 1. The maximum absolute atomic E-state index is 12.5. The van der Waals surface area contributed by atoms with Crippen molar-refractivity contribution in [3.8, 4) is 17.0 Å². The smallest absolute Gasteiger partial charge is 0.265 e. The zero-order valence-corrected chi connectivity index (χ0v) is 17.3. The summed E-state index contributed by atoms with van der Waals surface area (Å²) in [5.74, 6) is 0.169. The Morgan fingerprint density at radius 1 is 1.41 bits per heavy atom. The molecular formula is C21H25N3O4S. The van der Waals surface area contributed by atoms with E-state index in [0.717, 1.165) is 48.6 Å². The summed E-state index contributed by atoms with van der Waals surface area (Å²) in [5.41, 5.74) is 2.39. The maximum Gasteiger partial charge on any atom is 0.265 e. The number of amides is 2. The van der Waals surface area contributed by atoms with Gasteiger partial charge < -0.3 is 14.8 Å². The molecule has 29 heavy (non-hydrogen) atoms. The van der Waals surface area contributed by atoms with Gasteiger partial charge in [0.05, 0.1) is 22.5 Å². The number of thiazole rings is 1. The third kappa shape index (κ3) is 4.59. The van der Waals surface area contributed by atoms with E-state index in [1.54, 1.807) is 11.3 Å². The molecule has 2 aliphatic rings. The minimum Gasteiger partial charge on any atom is -0.482 e. The Labute approximate surface area is 174 Å². The minimum atomic E-state index is -0.230. The highest BCUT2D eigenvalue weighted by molar-refractivity contribution is 7.09. The van der Waals surface area contributed by atoms with Crippen LogP contribution in [0.25, 0.3) is 11.3 Å². The van der Waals surface area contributed by atoms with Crippen LogP contribution in [0.2, 0.25) is 0 Å². The number of aryl methyl sites for hydroxylation is 1. The van der Waals surface area contributed by atoms with Gasteiger partial charge in [-0.1, -0.05) is 6.92 Å². The summed E-state index contributed by atoms with van der Waals surface area (Å²) in [4.78, 5) is 31.1. The number of carbonyl (C=O) groups excluding carboxylic acids is 2. The van der Waals surface area contributed by atoms with Crippen LogP contribution in [0.15, 0.2) is 23.6 Å². The lowest BCUT2D eigenvalue weighted by molar-refractivity contribution is -0.125. The van der Waals surface area contributed by atoms with Crippen LogP contribution in [-0.4, -0.2) is 49.2 Å². The molecule has 1 fully saturated rings. The van der Waals surface area contributed by atoms with Gasteiger partial charge in [-0.05, 0) is 43.9 Å². The molecular weight excluding hydrogens is 390 g/mol. The minimum absolute atomic E-state index is 0.0382. The van der Waals surface area contributed by atoms with E-state index in [2.05, 4.69) is 17.2 Å². The van der Waals surface area contributed by atoms with Crippen molar-refractivity contribution in [2.45, 2.75) is 38.7 Å². The zero-order chi connectivity index (χ0) is 20.2. The monoisotopic (exact) mass is 415 g/mol. The molecule has 1 aromatic carbocycles. The quantitative estimate of drug-likeness (QED) is 0.752. The largest absolute Gasteiger partial charge is 0.482 e. The maximum atomic E-state index is 12.5. The zero-order valence-electron chi connectivity index (χ0n) is 16.5. The second-order valence-electron chi connectivity index (χ2n) is 7.27. The normalized spacial score (nSPS) is 18.4. The van der Waals surface area contributed by atoms with Gasteiger partial charge in [0.25, 0.3) is 5.91 Å². The van der Waals surface area contributed by atoms with Gasteiger partial charge in [0, 0.05) is 24.1 Å². The number of rotatable bonds is 7. The molecule has 3 heterocycles. The molecule has 1 aromatic heterocycles. The third-order valence-corrected chi connectivity index (χ3v) is 5.97. The van der Waals surface area contributed by atoms with Crippen molar-refractivity contribution in [2.75, 3.05) is 31.2 Å². The number of nitrogens with zero attached hydrogens (tertiary/aromatic N) is 2. The summed E-state index contributed by atoms with van der Waals surface area (Å²) in [5, 5.41) is 6.00. The van der Waals surface area contributed by atoms with Gasteiger partial charge in [0.1, 0.15) is 12.3 Å². The molecule has 0 aliphatic carbocycles. The predicted molar refractivity (Wildman–Crippen MR) is 111 cm³/mol. The molecule has 0 spiro atoms.